The van der Waals surface area contributed by atoms with Crippen LogP contribution in [0.15, 0.2) is 0 Å². The van der Waals surface area contributed by atoms with Gasteiger partial charge in [-0.15, -0.1) is 11.8 Å². The molecule has 1 amide bonds. The van der Waals surface area contributed by atoms with Crippen LogP contribution >= 0.6 is 11.8 Å². The second-order valence-corrected chi connectivity index (χ2v) is 6.91. The number of amides is 1. The molecule has 1 aliphatic rings. The highest BCUT2D eigenvalue weighted by Crippen LogP contribution is 2.32. The normalized spacial score (nSPS) is 25.5. The first-order valence-electron chi connectivity index (χ1n) is 6.45. The molecule has 1 rings (SSSR count). The van der Waals surface area contributed by atoms with Gasteiger partial charge in [0.15, 0.2) is 0 Å². The molecule has 0 spiro atoms. The van der Waals surface area contributed by atoms with Gasteiger partial charge in [-0.2, -0.15) is 0 Å². The van der Waals surface area contributed by atoms with E-state index in [-0.39, 0.29) is 17.1 Å². The molecule has 0 aromatic carbocycles. The van der Waals surface area contributed by atoms with Crippen molar-refractivity contribution in [3.8, 4) is 0 Å². The second-order valence-electron chi connectivity index (χ2n) is 5.50. The van der Waals surface area contributed by atoms with E-state index in [0.29, 0.717) is 19.5 Å². The molecule has 0 aromatic heterocycles. The van der Waals surface area contributed by atoms with Gasteiger partial charge in [-0.1, -0.05) is 20.8 Å². The van der Waals surface area contributed by atoms with Crippen LogP contribution in [0.25, 0.3) is 0 Å². The number of thioether (sulfide) groups is 1. The van der Waals surface area contributed by atoms with Crippen LogP contribution in [0.5, 0.6) is 0 Å². The Kier molecular flexibility index (Phi) is 5.08. The summed E-state index contributed by atoms with van der Waals surface area (Å²) in [5.41, 5.74) is -0.770. The zero-order chi connectivity index (χ0) is 13.9. The Bertz CT molecular complexity index is 332. The molecule has 0 saturated carbocycles. The molecule has 1 fully saturated rings. The molecule has 1 aliphatic heterocycles. The van der Waals surface area contributed by atoms with E-state index in [1.54, 1.807) is 23.6 Å². The fourth-order valence-electron chi connectivity index (χ4n) is 2.23. The third kappa shape index (κ3) is 3.19. The van der Waals surface area contributed by atoms with E-state index in [4.69, 9.17) is 0 Å². The Morgan fingerprint density at radius 1 is 1.44 bits per heavy atom. The van der Waals surface area contributed by atoms with Crippen LogP contribution in [0.3, 0.4) is 0 Å². The second kappa shape index (κ2) is 5.95. The van der Waals surface area contributed by atoms with Gasteiger partial charge in [0.2, 0.25) is 5.91 Å². The van der Waals surface area contributed by atoms with Crippen molar-refractivity contribution < 1.29 is 14.7 Å². The molecule has 2 atom stereocenters. The first-order valence-corrected chi connectivity index (χ1v) is 7.50. The lowest BCUT2D eigenvalue weighted by molar-refractivity contribution is -0.147. The molecule has 0 aliphatic carbocycles. The Hall–Kier alpha value is -0.710. The fraction of sp³-hybridized carbons (Fsp3) is 0.846. The van der Waals surface area contributed by atoms with Gasteiger partial charge in [0.05, 0.1) is 10.7 Å². The van der Waals surface area contributed by atoms with E-state index < -0.39 is 11.4 Å². The summed E-state index contributed by atoms with van der Waals surface area (Å²) in [6.45, 7) is 8.75. The van der Waals surface area contributed by atoms with Crippen LogP contribution < -0.4 is 0 Å². The average molecular weight is 273 g/mol. The standard InChI is InChI=1S/C13H23NO3S/c1-5-18-10(9(2)3)11(15)14-7-6-13(4,8-14)12(16)17/h9-10H,5-8H2,1-4H3,(H,16,17). The van der Waals surface area contributed by atoms with E-state index in [9.17, 15) is 14.7 Å². The van der Waals surface area contributed by atoms with E-state index >= 15 is 0 Å². The molecule has 1 saturated heterocycles. The number of carbonyl (C=O) groups excluding carboxylic acids is 1. The molecule has 0 radical (unpaired) electrons. The Morgan fingerprint density at radius 2 is 2.06 bits per heavy atom. The predicted octanol–water partition coefficient (Wildman–Crippen LogP) is 2.09. The van der Waals surface area contributed by atoms with E-state index in [1.807, 2.05) is 20.8 Å². The highest BCUT2D eigenvalue weighted by molar-refractivity contribution is 8.00. The van der Waals surface area contributed by atoms with Crippen molar-refractivity contribution >= 4 is 23.6 Å². The van der Waals surface area contributed by atoms with Crippen molar-refractivity contribution in [1.29, 1.82) is 0 Å². The molecule has 4 nitrogen and oxygen atoms in total. The van der Waals surface area contributed by atoms with E-state index in [0.717, 1.165) is 5.75 Å². The topological polar surface area (TPSA) is 57.6 Å². The Labute approximate surface area is 113 Å². The Balaban J connectivity index is 2.71. The number of likely N-dealkylation sites (tertiary alicyclic amines) is 1. The number of carboxylic acids is 1. The van der Waals surface area contributed by atoms with Crippen LogP contribution in [-0.4, -0.2) is 46.0 Å². The summed E-state index contributed by atoms with van der Waals surface area (Å²) in [5, 5.41) is 9.13. The van der Waals surface area contributed by atoms with Gasteiger partial charge in [-0.25, -0.2) is 0 Å². The molecule has 18 heavy (non-hydrogen) atoms. The van der Waals surface area contributed by atoms with Gasteiger partial charge in [-0.3, -0.25) is 9.59 Å². The van der Waals surface area contributed by atoms with E-state index in [2.05, 4.69) is 0 Å². The number of rotatable bonds is 5. The third-order valence-electron chi connectivity index (χ3n) is 3.50. The monoisotopic (exact) mass is 273 g/mol. The van der Waals surface area contributed by atoms with Crippen molar-refractivity contribution in [2.24, 2.45) is 11.3 Å². The summed E-state index contributed by atoms with van der Waals surface area (Å²) in [7, 11) is 0. The van der Waals surface area contributed by atoms with E-state index in [1.165, 1.54) is 0 Å². The maximum absolute atomic E-state index is 12.4. The van der Waals surface area contributed by atoms with Crippen molar-refractivity contribution in [2.75, 3.05) is 18.8 Å². The molecule has 2 unspecified atom stereocenters. The summed E-state index contributed by atoms with van der Waals surface area (Å²) in [6.07, 6.45) is 0.551. The average Bonchev–Trinajstić information content (AvgIpc) is 2.69. The predicted molar refractivity (Wildman–Crippen MR) is 73.7 cm³/mol. The molecule has 1 N–H and O–H groups in total. The molecule has 104 valence electrons. The largest absolute Gasteiger partial charge is 0.481 e. The van der Waals surface area contributed by atoms with Crippen molar-refractivity contribution in [2.45, 2.75) is 39.4 Å². The quantitative estimate of drug-likeness (QED) is 0.833. The van der Waals surface area contributed by atoms with Crippen molar-refractivity contribution in [1.82, 2.24) is 4.90 Å². The van der Waals surface area contributed by atoms with Crippen LogP contribution in [0.4, 0.5) is 0 Å². The third-order valence-corrected chi connectivity index (χ3v) is 4.93. The number of carbonyl (C=O) groups is 2. The number of hydrogen-bond acceptors (Lipinski definition) is 3. The molecule has 0 bridgehead atoms. The Morgan fingerprint density at radius 3 is 2.44 bits per heavy atom. The van der Waals surface area contributed by atoms with Crippen LogP contribution in [-0.2, 0) is 9.59 Å². The van der Waals surface area contributed by atoms with Crippen LogP contribution in [0.1, 0.15) is 34.1 Å². The zero-order valence-electron chi connectivity index (χ0n) is 11.6. The molecular weight excluding hydrogens is 250 g/mol. The summed E-state index contributed by atoms with van der Waals surface area (Å²) >= 11 is 1.65. The van der Waals surface area contributed by atoms with Gasteiger partial charge >= 0.3 is 5.97 Å². The minimum Gasteiger partial charge on any atom is -0.481 e. The smallest absolute Gasteiger partial charge is 0.311 e. The van der Waals surface area contributed by atoms with Gasteiger partial charge in [0.1, 0.15) is 0 Å². The van der Waals surface area contributed by atoms with Gasteiger partial charge in [-0.05, 0) is 25.0 Å². The number of hydrogen-bond donors (Lipinski definition) is 1. The molecular formula is C13H23NO3S. The first-order chi connectivity index (χ1) is 8.31. The highest BCUT2D eigenvalue weighted by Gasteiger charge is 2.43. The maximum atomic E-state index is 12.4. The fourth-order valence-corrected chi connectivity index (χ4v) is 3.27. The number of aliphatic carboxylic acids is 1. The summed E-state index contributed by atoms with van der Waals surface area (Å²) in [4.78, 5) is 25.3. The number of nitrogens with zero attached hydrogens (tertiary/aromatic N) is 1. The summed E-state index contributed by atoms with van der Waals surface area (Å²) in [5.74, 6) is 0.474. The van der Waals surface area contributed by atoms with Gasteiger partial charge in [0.25, 0.3) is 0 Å². The first kappa shape index (κ1) is 15.3. The summed E-state index contributed by atoms with van der Waals surface area (Å²) in [6, 6.07) is 0. The highest BCUT2D eigenvalue weighted by atomic mass is 32.2. The number of carboxylic acid groups (broad SMARTS) is 1. The SMILES string of the molecule is CCSC(C(=O)N1CCC(C)(C(=O)O)C1)C(C)C. The molecule has 5 heteroatoms. The zero-order valence-corrected chi connectivity index (χ0v) is 12.4. The van der Waals surface area contributed by atoms with Crippen LogP contribution in [0, 0.1) is 11.3 Å². The lowest BCUT2D eigenvalue weighted by atomic mass is 9.90. The molecule has 1 heterocycles. The van der Waals surface area contributed by atoms with Crippen molar-refractivity contribution in [3.05, 3.63) is 0 Å². The lowest BCUT2D eigenvalue weighted by Gasteiger charge is -2.26. The minimum atomic E-state index is -0.804. The maximum Gasteiger partial charge on any atom is 0.311 e. The van der Waals surface area contributed by atoms with Crippen LogP contribution in [0.2, 0.25) is 0 Å². The molecule has 0 aromatic rings. The van der Waals surface area contributed by atoms with Gasteiger partial charge in [0, 0.05) is 13.1 Å². The van der Waals surface area contributed by atoms with Crippen molar-refractivity contribution in [3.63, 3.8) is 0 Å². The minimum absolute atomic E-state index is 0.0499. The van der Waals surface area contributed by atoms with Gasteiger partial charge < -0.3 is 10.0 Å². The lowest BCUT2D eigenvalue weighted by Crippen LogP contribution is -2.41. The summed E-state index contributed by atoms with van der Waals surface area (Å²) < 4.78 is 0.